The summed E-state index contributed by atoms with van der Waals surface area (Å²) in [6.45, 7) is 3.52. The Morgan fingerprint density at radius 2 is 2.12 bits per heavy atom. The van der Waals surface area contributed by atoms with Crippen molar-refractivity contribution in [1.82, 2.24) is 0 Å². The Bertz CT molecular complexity index is 446. The maximum atomic E-state index is 11.7. The molecule has 1 aromatic carbocycles. The van der Waals surface area contributed by atoms with Crippen molar-refractivity contribution in [3.8, 4) is 0 Å². The number of primary amides is 1. The molecule has 0 aliphatic carbocycles. The lowest BCUT2D eigenvalue weighted by Crippen LogP contribution is -2.25. The molecule has 0 saturated heterocycles. The van der Waals surface area contributed by atoms with Gasteiger partial charge in [0.15, 0.2) is 0 Å². The third-order valence-electron chi connectivity index (χ3n) is 2.41. The lowest BCUT2D eigenvalue weighted by atomic mass is 10.1. The first-order valence-corrected chi connectivity index (χ1v) is 5.63. The van der Waals surface area contributed by atoms with Crippen molar-refractivity contribution < 1.29 is 9.59 Å². The summed E-state index contributed by atoms with van der Waals surface area (Å²) in [6.07, 6.45) is 0.0332. The average molecular weight is 255 g/mol. The standard InChI is InChI=1S/C12H15ClN2O2/c1-7-3-4-9(13)6-10(7)15-12(17)8(2)5-11(14)16/h3-4,6,8H,5H2,1-2H3,(H2,14,16)(H,15,17). The van der Waals surface area contributed by atoms with E-state index in [1.807, 2.05) is 13.0 Å². The van der Waals surface area contributed by atoms with Crippen molar-refractivity contribution in [2.75, 3.05) is 5.32 Å². The zero-order chi connectivity index (χ0) is 13.0. The number of benzene rings is 1. The molecule has 3 N–H and O–H groups in total. The molecule has 0 heterocycles. The van der Waals surface area contributed by atoms with Crippen LogP contribution in [0.1, 0.15) is 18.9 Å². The number of rotatable bonds is 4. The van der Waals surface area contributed by atoms with Gasteiger partial charge in [0.05, 0.1) is 0 Å². The molecule has 0 radical (unpaired) electrons. The van der Waals surface area contributed by atoms with E-state index in [0.29, 0.717) is 10.7 Å². The van der Waals surface area contributed by atoms with E-state index in [0.717, 1.165) is 5.56 Å². The van der Waals surface area contributed by atoms with Gasteiger partial charge in [-0.2, -0.15) is 0 Å². The summed E-state index contributed by atoms with van der Waals surface area (Å²) in [5, 5.41) is 3.27. The van der Waals surface area contributed by atoms with E-state index in [2.05, 4.69) is 5.32 Å². The number of carbonyl (C=O) groups excluding carboxylic acids is 2. The first-order valence-electron chi connectivity index (χ1n) is 5.25. The van der Waals surface area contributed by atoms with Crippen LogP contribution in [0, 0.1) is 12.8 Å². The molecule has 0 bridgehead atoms. The third kappa shape index (κ3) is 4.07. The van der Waals surface area contributed by atoms with Gasteiger partial charge < -0.3 is 11.1 Å². The van der Waals surface area contributed by atoms with Gasteiger partial charge in [-0.25, -0.2) is 0 Å². The number of carbonyl (C=O) groups is 2. The SMILES string of the molecule is Cc1ccc(Cl)cc1NC(=O)C(C)CC(N)=O. The van der Waals surface area contributed by atoms with E-state index >= 15 is 0 Å². The zero-order valence-electron chi connectivity index (χ0n) is 9.79. The highest BCUT2D eigenvalue weighted by Crippen LogP contribution is 2.21. The summed E-state index contributed by atoms with van der Waals surface area (Å²) in [6, 6.07) is 5.24. The second-order valence-electron chi connectivity index (χ2n) is 4.02. The van der Waals surface area contributed by atoms with Crippen LogP contribution < -0.4 is 11.1 Å². The van der Waals surface area contributed by atoms with Crippen LogP contribution in [0.4, 0.5) is 5.69 Å². The quantitative estimate of drug-likeness (QED) is 0.864. The van der Waals surface area contributed by atoms with Gasteiger partial charge in [0.1, 0.15) is 0 Å². The van der Waals surface area contributed by atoms with Crippen LogP contribution >= 0.6 is 11.6 Å². The van der Waals surface area contributed by atoms with Crippen molar-refractivity contribution in [1.29, 1.82) is 0 Å². The van der Waals surface area contributed by atoms with E-state index in [9.17, 15) is 9.59 Å². The molecule has 0 aromatic heterocycles. The highest BCUT2D eigenvalue weighted by atomic mass is 35.5. The first kappa shape index (κ1) is 13.5. The molecule has 5 heteroatoms. The van der Waals surface area contributed by atoms with Crippen LogP contribution in [-0.4, -0.2) is 11.8 Å². The predicted molar refractivity (Wildman–Crippen MR) is 67.8 cm³/mol. The number of amides is 2. The van der Waals surface area contributed by atoms with Crippen molar-refractivity contribution in [3.63, 3.8) is 0 Å². The van der Waals surface area contributed by atoms with Gasteiger partial charge in [-0.15, -0.1) is 0 Å². The largest absolute Gasteiger partial charge is 0.370 e. The van der Waals surface area contributed by atoms with Gasteiger partial charge in [-0.3, -0.25) is 9.59 Å². The maximum absolute atomic E-state index is 11.7. The van der Waals surface area contributed by atoms with Gasteiger partial charge in [-0.05, 0) is 24.6 Å². The van der Waals surface area contributed by atoms with E-state index in [1.165, 1.54) is 0 Å². The lowest BCUT2D eigenvalue weighted by molar-refractivity contribution is -0.125. The highest BCUT2D eigenvalue weighted by Gasteiger charge is 2.16. The topological polar surface area (TPSA) is 72.2 Å². The summed E-state index contributed by atoms with van der Waals surface area (Å²) in [5.74, 6) is -1.18. The van der Waals surface area contributed by atoms with E-state index in [4.69, 9.17) is 17.3 Å². The number of halogens is 1. The molecule has 0 aliphatic rings. The highest BCUT2D eigenvalue weighted by molar-refractivity contribution is 6.31. The Morgan fingerprint density at radius 1 is 1.47 bits per heavy atom. The average Bonchev–Trinajstić information content (AvgIpc) is 2.22. The summed E-state index contributed by atoms with van der Waals surface area (Å²) >= 11 is 5.84. The van der Waals surface area contributed by atoms with E-state index in [1.54, 1.807) is 19.1 Å². The molecule has 2 amide bonds. The van der Waals surface area contributed by atoms with Crippen molar-refractivity contribution in [2.24, 2.45) is 11.7 Å². The minimum atomic E-state index is -0.490. The number of aryl methyl sites for hydroxylation is 1. The van der Waals surface area contributed by atoms with Gasteiger partial charge in [0.2, 0.25) is 11.8 Å². The van der Waals surface area contributed by atoms with Crippen molar-refractivity contribution in [2.45, 2.75) is 20.3 Å². The molecule has 1 aromatic rings. The van der Waals surface area contributed by atoms with Gasteiger partial charge in [0.25, 0.3) is 0 Å². The number of hydrogen-bond acceptors (Lipinski definition) is 2. The van der Waals surface area contributed by atoms with Crippen LogP contribution in [-0.2, 0) is 9.59 Å². The zero-order valence-corrected chi connectivity index (χ0v) is 10.5. The fraction of sp³-hybridized carbons (Fsp3) is 0.333. The van der Waals surface area contributed by atoms with Crippen LogP contribution in [0.15, 0.2) is 18.2 Å². The summed E-state index contributed by atoms with van der Waals surface area (Å²) < 4.78 is 0. The Balaban J connectivity index is 2.73. The van der Waals surface area contributed by atoms with Crippen LogP contribution in [0.5, 0.6) is 0 Å². The minimum absolute atomic E-state index is 0.0332. The summed E-state index contributed by atoms with van der Waals surface area (Å²) in [7, 11) is 0. The molecule has 92 valence electrons. The smallest absolute Gasteiger partial charge is 0.227 e. The number of nitrogens with two attached hydrogens (primary N) is 1. The molecule has 1 rings (SSSR count). The second-order valence-corrected chi connectivity index (χ2v) is 4.46. The van der Waals surface area contributed by atoms with Crippen LogP contribution in [0.2, 0.25) is 5.02 Å². The van der Waals surface area contributed by atoms with Gasteiger partial charge in [0, 0.05) is 23.0 Å². The molecular formula is C12H15ClN2O2. The molecule has 1 unspecified atom stereocenters. The molecule has 1 atom stereocenters. The minimum Gasteiger partial charge on any atom is -0.370 e. The summed E-state index contributed by atoms with van der Waals surface area (Å²) in [5.41, 5.74) is 6.60. The van der Waals surface area contributed by atoms with Crippen molar-refractivity contribution in [3.05, 3.63) is 28.8 Å². The predicted octanol–water partition coefficient (Wildman–Crippen LogP) is 2.10. The van der Waals surface area contributed by atoms with E-state index in [-0.39, 0.29) is 12.3 Å². The van der Waals surface area contributed by atoms with Gasteiger partial charge >= 0.3 is 0 Å². The summed E-state index contributed by atoms with van der Waals surface area (Å²) in [4.78, 5) is 22.5. The molecule has 4 nitrogen and oxygen atoms in total. The second kappa shape index (κ2) is 5.68. The molecule has 0 saturated carbocycles. The molecule has 17 heavy (non-hydrogen) atoms. The number of anilines is 1. The number of hydrogen-bond donors (Lipinski definition) is 2. The fourth-order valence-corrected chi connectivity index (χ4v) is 1.55. The van der Waals surface area contributed by atoms with Crippen LogP contribution in [0.25, 0.3) is 0 Å². The first-order chi connectivity index (χ1) is 7.90. The molecule has 0 aliphatic heterocycles. The van der Waals surface area contributed by atoms with Gasteiger partial charge in [-0.1, -0.05) is 24.6 Å². The molecule has 0 fully saturated rings. The molecule has 0 spiro atoms. The Morgan fingerprint density at radius 3 is 2.71 bits per heavy atom. The Labute approximate surface area is 105 Å². The maximum Gasteiger partial charge on any atom is 0.227 e. The fourth-order valence-electron chi connectivity index (χ4n) is 1.38. The van der Waals surface area contributed by atoms with Crippen molar-refractivity contribution >= 4 is 29.1 Å². The normalized spacial score (nSPS) is 11.9. The Hall–Kier alpha value is -1.55. The Kier molecular flexibility index (Phi) is 4.52. The third-order valence-corrected chi connectivity index (χ3v) is 2.65. The number of nitrogens with one attached hydrogen (secondary N) is 1. The van der Waals surface area contributed by atoms with Crippen LogP contribution in [0.3, 0.4) is 0 Å². The van der Waals surface area contributed by atoms with E-state index < -0.39 is 11.8 Å². The monoisotopic (exact) mass is 254 g/mol. The molecular weight excluding hydrogens is 240 g/mol. The lowest BCUT2D eigenvalue weighted by Gasteiger charge is -2.12.